The molecule has 2 heterocycles. The Balaban J connectivity index is 1.48. The summed E-state index contributed by atoms with van der Waals surface area (Å²) in [5.41, 5.74) is 1.08. The molecule has 0 radical (unpaired) electrons. The van der Waals surface area contributed by atoms with Gasteiger partial charge in [0.2, 0.25) is 5.91 Å². The van der Waals surface area contributed by atoms with E-state index >= 15 is 0 Å². The molecule has 1 aromatic heterocycles. The summed E-state index contributed by atoms with van der Waals surface area (Å²) in [5, 5.41) is 2.59. The number of nitrogens with zero attached hydrogens (tertiary/aromatic N) is 2. The maximum absolute atomic E-state index is 12.3. The molecule has 2 aromatic rings. The van der Waals surface area contributed by atoms with Crippen LogP contribution < -0.4 is 15.0 Å². The molecule has 1 aliphatic heterocycles. The molecule has 0 bridgehead atoms. The van der Waals surface area contributed by atoms with Crippen molar-refractivity contribution in [3.05, 3.63) is 48.4 Å². The van der Waals surface area contributed by atoms with Crippen LogP contribution in [0.25, 0.3) is 0 Å². The van der Waals surface area contributed by atoms with E-state index in [2.05, 4.69) is 10.2 Å². The normalized spacial score (nSPS) is 14.3. The SMILES string of the molecule is COc1cccc(N2CCN(C(=O)CNC(=O)c3ccco3)CC2)c1. The van der Waals surface area contributed by atoms with Gasteiger partial charge in [-0.1, -0.05) is 6.07 Å². The smallest absolute Gasteiger partial charge is 0.287 e. The number of rotatable bonds is 5. The molecular formula is C18H21N3O4. The molecule has 7 heteroatoms. The highest BCUT2D eigenvalue weighted by atomic mass is 16.5. The zero-order valence-corrected chi connectivity index (χ0v) is 14.1. The minimum atomic E-state index is -0.381. The Bertz CT molecular complexity index is 722. The quantitative estimate of drug-likeness (QED) is 0.887. The summed E-state index contributed by atoms with van der Waals surface area (Å²) >= 11 is 0. The van der Waals surface area contributed by atoms with Crippen molar-refractivity contribution in [2.24, 2.45) is 0 Å². The third-order valence-corrected chi connectivity index (χ3v) is 4.20. The second-order valence-electron chi connectivity index (χ2n) is 5.73. The van der Waals surface area contributed by atoms with Crippen molar-refractivity contribution < 1.29 is 18.7 Å². The number of ether oxygens (including phenoxy) is 1. The second kappa shape index (κ2) is 7.74. The van der Waals surface area contributed by atoms with Crippen molar-refractivity contribution in [1.82, 2.24) is 10.2 Å². The Kier molecular flexibility index (Phi) is 5.23. The van der Waals surface area contributed by atoms with Gasteiger partial charge >= 0.3 is 0 Å². The lowest BCUT2D eigenvalue weighted by Crippen LogP contribution is -2.51. The average Bonchev–Trinajstić information content (AvgIpc) is 3.21. The summed E-state index contributed by atoms with van der Waals surface area (Å²) in [6.45, 7) is 2.69. The van der Waals surface area contributed by atoms with Gasteiger partial charge < -0.3 is 24.3 Å². The number of carbonyl (C=O) groups is 2. The molecule has 25 heavy (non-hydrogen) atoms. The number of benzene rings is 1. The molecule has 0 atom stereocenters. The molecule has 1 N–H and O–H groups in total. The Morgan fingerprint density at radius 3 is 2.64 bits per heavy atom. The first kappa shape index (κ1) is 16.9. The molecule has 0 saturated carbocycles. The van der Waals surface area contributed by atoms with Crippen LogP contribution in [-0.4, -0.2) is 56.5 Å². The molecular weight excluding hydrogens is 322 g/mol. The highest BCUT2D eigenvalue weighted by Gasteiger charge is 2.22. The first-order valence-electron chi connectivity index (χ1n) is 8.16. The van der Waals surface area contributed by atoms with E-state index in [1.54, 1.807) is 24.1 Å². The predicted molar refractivity (Wildman–Crippen MR) is 92.8 cm³/mol. The number of piperazine rings is 1. The molecule has 1 aromatic carbocycles. The van der Waals surface area contributed by atoms with Crippen molar-refractivity contribution in [2.75, 3.05) is 44.7 Å². The highest BCUT2D eigenvalue weighted by molar-refractivity contribution is 5.94. The number of furan rings is 1. The van der Waals surface area contributed by atoms with E-state index in [9.17, 15) is 9.59 Å². The van der Waals surface area contributed by atoms with Crippen LogP contribution in [0.3, 0.4) is 0 Å². The predicted octanol–water partition coefficient (Wildman–Crippen LogP) is 1.37. The van der Waals surface area contributed by atoms with E-state index in [-0.39, 0.29) is 24.1 Å². The average molecular weight is 343 g/mol. The van der Waals surface area contributed by atoms with Gasteiger partial charge in [-0.05, 0) is 24.3 Å². The lowest BCUT2D eigenvalue weighted by molar-refractivity contribution is -0.130. The van der Waals surface area contributed by atoms with Crippen LogP contribution in [0.15, 0.2) is 47.1 Å². The largest absolute Gasteiger partial charge is 0.497 e. The van der Waals surface area contributed by atoms with Crippen LogP contribution in [0.1, 0.15) is 10.6 Å². The van der Waals surface area contributed by atoms with E-state index in [1.165, 1.54) is 6.26 Å². The summed E-state index contributed by atoms with van der Waals surface area (Å²) in [6, 6.07) is 11.1. The molecule has 0 spiro atoms. The van der Waals surface area contributed by atoms with Gasteiger partial charge in [0.15, 0.2) is 5.76 Å². The molecule has 1 aliphatic rings. The van der Waals surface area contributed by atoms with Gasteiger partial charge in [0.05, 0.1) is 19.9 Å². The molecule has 2 amide bonds. The number of anilines is 1. The first-order valence-corrected chi connectivity index (χ1v) is 8.16. The zero-order chi connectivity index (χ0) is 17.6. The monoisotopic (exact) mass is 343 g/mol. The Hall–Kier alpha value is -2.96. The lowest BCUT2D eigenvalue weighted by Gasteiger charge is -2.36. The van der Waals surface area contributed by atoms with Gasteiger partial charge in [-0.25, -0.2) is 0 Å². The van der Waals surface area contributed by atoms with E-state index < -0.39 is 0 Å². The third-order valence-electron chi connectivity index (χ3n) is 4.20. The molecule has 0 unspecified atom stereocenters. The number of hydrogen-bond acceptors (Lipinski definition) is 5. The summed E-state index contributed by atoms with van der Waals surface area (Å²) in [6.07, 6.45) is 1.43. The third kappa shape index (κ3) is 4.12. The molecule has 1 fully saturated rings. The van der Waals surface area contributed by atoms with Crippen LogP contribution in [0, 0.1) is 0 Å². The number of nitrogens with one attached hydrogen (secondary N) is 1. The Morgan fingerprint density at radius 1 is 1.16 bits per heavy atom. The molecule has 0 aliphatic carbocycles. The fraction of sp³-hybridized carbons (Fsp3) is 0.333. The van der Waals surface area contributed by atoms with Gasteiger partial charge in [-0.15, -0.1) is 0 Å². The summed E-state index contributed by atoms with van der Waals surface area (Å²) in [4.78, 5) is 28.0. The fourth-order valence-corrected chi connectivity index (χ4v) is 2.78. The molecule has 1 saturated heterocycles. The first-order chi connectivity index (χ1) is 12.2. The van der Waals surface area contributed by atoms with Crippen LogP contribution in [-0.2, 0) is 4.79 Å². The fourth-order valence-electron chi connectivity index (χ4n) is 2.78. The van der Waals surface area contributed by atoms with Gasteiger partial charge in [0, 0.05) is 37.9 Å². The molecule has 7 nitrogen and oxygen atoms in total. The zero-order valence-electron chi connectivity index (χ0n) is 14.1. The maximum atomic E-state index is 12.3. The van der Waals surface area contributed by atoms with Gasteiger partial charge in [-0.3, -0.25) is 9.59 Å². The Morgan fingerprint density at radius 2 is 1.96 bits per heavy atom. The van der Waals surface area contributed by atoms with E-state index in [4.69, 9.17) is 9.15 Å². The van der Waals surface area contributed by atoms with Crippen molar-refractivity contribution in [2.45, 2.75) is 0 Å². The minimum Gasteiger partial charge on any atom is -0.497 e. The van der Waals surface area contributed by atoms with Crippen molar-refractivity contribution in [3.63, 3.8) is 0 Å². The number of methoxy groups -OCH3 is 1. The second-order valence-corrected chi connectivity index (χ2v) is 5.73. The molecule has 132 valence electrons. The standard InChI is InChI=1S/C18H21N3O4/c1-24-15-5-2-4-14(12-15)20-7-9-21(10-8-20)17(22)13-19-18(23)16-6-3-11-25-16/h2-6,11-12H,7-10,13H2,1H3,(H,19,23). The number of carbonyl (C=O) groups excluding carboxylic acids is 2. The highest BCUT2D eigenvalue weighted by Crippen LogP contribution is 2.22. The van der Waals surface area contributed by atoms with Crippen molar-refractivity contribution >= 4 is 17.5 Å². The topological polar surface area (TPSA) is 75.0 Å². The van der Waals surface area contributed by atoms with Crippen LogP contribution in [0.2, 0.25) is 0 Å². The minimum absolute atomic E-state index is 0.0291. The number of amides is 2. The summed E-state index contributed by atoms with van der Waals surface area (Å²) < 4.78 is 10.3. The summed E-state index contributed by atoms with van der Waals surface area (Å²) in [5.74, 6) is 0.547. The van der Waals surface area contributed by atoms with Crippen LogP contribution in [0.5, 0.6) is 5.75 Å². The maximum Gasteiger partial charge on any atom is 0.287 e. The molecule has 3 rings (SSSR count). The van der Waals surface area contributed by atoms with E-state index in [0.29, 0.717) is 13.1 Å². The van der Waals surface area contributed by atoms with Crippen molar-refractivity contribution in [1.29, 1.82) is 0 Å². The van der Waals surface area contributed by atoms with Gasteiger partial charge in [0.25, 0.3) is 5.91 Å². The lowest BCUT2D eigenvalue weighted by atomic mass is 10.2. The van der Waals surface area contributed by atoms with Crippen LogP contribution >= 0.6 is 0 Å². The van der Waals surface area contributed by atoms with Gasteiger partial charge in [0.1, 0.15) is 5.75 Å². The van der Waals surface area contributed by atoms with Crippen molar-refractivity contribution in [3.8, 4) is 5.75 Å². The van der Waals surface area contributed by atoms with Crippen LogP contribution in [0.4, 0.5) is 5.69 Å². The summed E-state index contributed by atoms with van der Waals surface area (Å²) in [7, 11) is 1.65. The Labute approximate surface area is 146 Å². The van der Waals surface area contributed by atoms with Gasteiger partial charge in [-0.2, -0.15) is 0 Å². The van der Waals surface area contributed by atoms with E-state index in [0.717, 1.165) is 24.5 Å². The van der Waals surface area contributed by atoms with E-state index in [1.807, 2.05) is 24.3 Å². The number of hydrogen-bond donors (Lipinski definition) is 1.